The molecule has 3 N–H and O–H groups in total. The van der Waals surface area contributed by atoms with Gasteiger partial charge in [0.25, 0.3) is 0 Å². The number of aromatic nitrogens is 2. The van der Waals surface area contributed by atoms with Gasteiger partial charge in [-0.3, -0.25) is 20.6 Å². The Morgan fingerprint density at radius 3 is 2.19 bits per heavy atom. The summed E-state index contributed by atoms with van der Waals surface area (Å²) in [5, 5.41) is 10.7. The molecule has 1 heterocycles. The monoisotopic (exact) mass is 293 g/mol. The third kappa shape index (κ3) is 3.77. The normalized spacial score (nSPS) is 10.3. The molecule has 0 amide bonds. The zero-order valence-electron chi connectivity index (χ0n) is 11.9. The minimum Gasteiger partial charge on any atom is -0.336 e. The van der Waals surface area contributed by atoms with Gasteiger partial charge in [-0.05, 0) is 25.1 Å². The van der Waals surface area contributed by atoms with Crippen molar-refractivity contribution in [3.8, 4) is 0 Å². The number of benzene rings is 1. The minimum atomic E-state index is -0.474. The first-order valence-corrected chi connectivity index (χ1v) is 6.13. The molecule has 1 aromatic carbocycles. The Morgan fingerprint density at radius 2 is 1.62 bits per heavy atom. The summed E-state index contributed by atoms with van der Waals surface area (Å²) in [7, 11) is 2.89. The lowest BCUT2D eigenvalue weighted by atomic mass is 10.2. The first kappa shape index (κ1) is 14.9. The third-order valence-electron chi connectivity index (χ3n) is 2.59. The average Bonchev–Trinajstić information content (AvgIpc) is 2.46. The van der Waals surface area contributed by atoms with E-state index < -0.39 is 5.82 Å². The maximum atomic E-state index is 14.1. The van der Waals surface area contributed by atoms with Gasteiger partial charge in [-0.25, -0.2) is 4.39 Å². The predicted molar refractivity (Wildman–Crippen MR) is 77.7 cm³/mol. The van der Waals surface area contributed by atoms with Crippen molar-refractivity contribution in [1.29, 1.82) is 0 Å². The molecule has 8 heteroatoms. The highest BCUT2D eigenvalue weighted by Gasteiger charge is 2.11. The molecular weight excluding hydrogens is 277 g/mol. The summed E-state index contributed by atoms with van der Waals surface area (Å²) in [6.07, 6.45) is 0. The van der Waals surface area contributed by atoms with Crippen molar-refractivity contribution in [1.82, 2.24) is 10.2 Å². The van der Waals surface area contributed by atoms with E-state index in [0.29, 0.717) is 17.2 Å². The van der Waals surface area contributed by atoms with E-state index in [4.69, 9.17) is 9.68 Å². The topological polar surface area (TPSA) is 80.3 Å². The molecule has 0 bridgehead atoms. The molecule has 7 nitrogen and oxygen atoms in total. The zero-order valence-corrected chi connectivity index (χ0v) is 11.9. The van der Waals surface area contributed by atoms with Gasteiger partial charge >= 0.3 is 0 Å². The highest BCUT2D eigenvalue weighted by Crippen LogP contribution is 2.30. The van der Waals surface area contributed by atoms with Crippen molar-refractivity contribution < 1.29 is 14.1 Å². The zero-order chi connectivity index (χ0) is 15.2. The Labute approximate surface area is 121 Å². The Morgan fingerprint density at radius 1 is 0.952 bits per heavy atom. The molecule has 2 rings (SSSR count). The Hall–Kier alpha value is -2.45. The second-order valence-corrected chi connectivity index (χ2v) is 4.17. The molecule has 0 aliphatic heterocycles. The van der Waals surface area contributed by atoms with Crippen LogP contribution in [0, 0.1) is 12.7 Å². The van der Waals surface area contributed by atoms with E-state index in [9.17, 15) is 4.39 Å². The predicted octanol–water partition coefficient (Wildman–Crippen LogP) is 2.61. The molecule has 0 saturated carbocycles. The van der Waals surface area contributed by atoms with Crippen molar-refractivity contribution in [2.45, 2.75) is 6.92 Å². The lowest BCUT2D eigenvalue weighted by Crippen LogP contribution is -2.06. The Bertz CT molecular complexity index is 606. The van der Waals surface area contributed by atoms with Gasteiger partial charge in [0.15, 0.2) is 5.82 Å². The summed E-state index contributed by atoms with van der Waals surface area (Å²) in [6, 6.07) is 6.30. The van der Waals surface area contributed by atoms with Crippen molar-refractivity contribution in [3.05, 3.63) is 35.8 Å². The van der Waals surface area contributed by atoms with Crippen molar-refractivity contribution in [2.24, 2.45) is 0 Å². The molecular formula is C13H16FN5O2. The molecule has 0 aliphatic carbocycles. The fourth-order valence-corrected chi connectivity index (χ4v) is 1.66. The lowest BCUT2D eigenvalue weighted by Gasteiger charge is -2.14. The molecule has 0 spiro atoms. The molecule has 0 saturated heterocycles. The molecule has 2 aromatic rings. The van der Waals surface area contributed by atoms with Crippen LogP contribution in [0.2, 0.25) is 0 Å². The number of halogens is 1. The second-order valence-electron chi connectivity index (χ2n) is 4.17. The van der Waals surface area contributed by atoms with Gasteiger partial charge in [-0.15, -0.1) is 5.10 Å². The van der Waals surface area contributed by atoms with Crippen molar-refractivity contribution >= 4 is 22.9 Å². The van der Waals surface area contributed by atoms with Crippen LogP contribution in [-0.4, -0.2) is 24.4 Å². The maximum Gasteiger partial charge on any atom is 0.153 e. The van der Waals surface area contributed by atoms with Gasteiger partial charge in [-0.2, -0.15) is 5.10 Å². The molecule has 21 heavy (non-hydrogen) atoms. The number of anilines is 4. The van der Waals surface area contributed by atoms with Crippen LogP contribution in [0.5, 0.6) is 0 Å². The molecule has 0 aliphatic rings. The molecule has 112 valence electrons. The van der Waals surface area contributed by atoms with E-state index in [2.05, 4.69) is 26.5 Å². The van der Waals surface area contributed by atoms with Crippen LogP contribution in [-0.2, 0) is 9.68 Å². The van der Waals surface area contributed by atoms with Gasteiger partial charge < -0.3 is 5.32 Å². The maximum absolute atomic E-state index is 14.1. The first-order chi connectivity index (χ1) is 10.1. The van der Waals surface area contributed by atoms with Gasteiger partial charge in [-0.1, -0.05) is 0 Å². The van der Waals surface area contributed by atoms with Crippen LogP contribution in [0.15, 0.2) is 24.3 Å². The van der Waals surface area contributed by atoms with Gasteiger partial charge in [0.2, 0.25) is 0 Å². The first-order valence-electron chi connectivity index (χ1n) is 6.13. The van der Waals surface area contributed by atoms with Crippen LogP contribution in [0.1, 0.15) is 5.69 Å². The van der Waals surface area contributed by atoms with Crippen LogP contribution in [0.3, 0.4) is 0 Å². The van der Waals surface area contributed by atoms with E-state index in [1.54, 1.807) is 12.1 Å². The number of hydrogen-bond donors (Lipinski definition) is 3. The average molecular weight is 293 g/mol. The van der Waals surface area contributed by atoms with E-state index >= 15 is 0 Å². The molecule has 1 aromatic heterocycles. The number of rotatable bonds is 6. The highest BCUT2D eigenvalue weighted by molar-refractivity contribution is 5.74. The summed E-state index contributed by atoms with van der Waals surface area (Å²) in [5.41, 5.74) is 7.11. The Balaban J connectivity index is 2.30. The molecule has 0 fully saturated rings. The molecule has 0 radical (unpaired) electrons. The molecule has 0 unspecified atom stereocenters. The van der Waals surface area contributed by atoms with Gasteiger partial charge in [0, 0.05) is 6.07 Å². The van der Waals surface area contributed by atoms with Crippen LogP contribution < -0.4 is 16.3 Å². The largest absolute Gasteiger partial charge is 0.336 e. The highest BCUT2D eigenvalue weighted by atomic mass is 19.1. The SMILES string of the molecule is CONc1cc(F)c(Nc2ccc(C)nn2)cc1NOC. The fraction of sp³-hybridized carbons (Fsp3) is 0.231. The number of nitrogens with zero attached hydrogens (tertiary/aromatic N) is 2. The quantitative estimate of drug-likeness (QED) is 0.706. The number of nitrogens with one attached hydrogen (secondary N) is 3. The Kier molecular flexibility index (Phi) is 4.85. The fourth-order valence-electron chi connectivity index (χ4n) is 1.66. The van der Waals surface area contributed by atoms with E-state index in [1.807, 2.05) is 6.92 Å². The number of aryl methyl sites for hydroxylation is 1. The second kappa shape index (κ2) is 6.82. The number of hydrogen-bond acceptors (Lipinski definition) is 7. The van der Waals surface area contributed by atoms with Gasteiger partial charge in [0.1, 0.15) is 5.82 Å². The summed E-state index contributed by atoms with van der Waals surface area (Å²) in [5.74, 6) is -0.0334. The summed E-state index contributed by atoms with van der Waals surface area (Å²) in [6.45, 7) is 1.82. The van der Waals surface area contributed by atoms with Crippen LogP contribution >= 0.6 is 0 Å². The van der Waals surface area contributed by atoms with Gasteiger partial charge in [0.05, 0.1) is 37.0 Å². The van der Waals surface area contributed by atoms with E-state index in [0.717, 1.165) is 5.69 Å². The third-order valence-corrected chi connectivity index (χ3v) is 2.59. The van der Waals surface area contributed by atoms with Crippen molar-refractivity contribution in [3.63, 3.8) is 0 Å². The molecule has 0 atom stereocenters. The standard InChI is InChI=1S/C13H16FN5O2/c1-8-4-5-13(17-16-8)15-10-7-12(19-21-3)11(18-20-2)6-9(10)14/h4-7,18-19H,1-3H3,(H,15,17). The minimum absolute atomic E-state index is 0.231. The smallest absolute Gasteiger partial charge is 0.153 e. The lowest BCUT2D eigenvalue weighted by molar-refractivity contribution is 0.262. The van der Waals surface area contributed by atoms with Crippen LogP contribution in [0.25, 0.3) is 0 Å². The summed E-state index contributed by atoms with van der Waals surface area (Å²) >= 11 is 0. The van der Waals surface area contributed by atoms with E-state index in [-0.39, 0.29) is 5.69 Å². The summed E-state index contributed by atoms with van der Waals surface area (Å²) in [4.78, 5) is 9.64. The van der Waals surface area contributed by atoms with E-state index in [1.165, 1.54) is 26.4 Å². The van der Waals surface area contributed by atoms with Crippen molar-refractivity contribution in [2.75, 3.05) is 30.5 Å². The van der Waals surface area contributed by atoms with Crippen LogP contribution in [0.4, 0.5) is 27.3 Å². The summed E-state index contributed by atoms with van der Waals surface area (Å²) < 4.78 is 14.1.